The molecule has 1 saturated heterocycles. The summed E-state index contributed by atoms with van der Waals surface area (Å²) in [5.74, 6) is 2.32. The molecular formula is C23H27ClFN7O. The number of aryl methyl sites for hydroxylation is 2. The molecular weight excluding hydrogens is 445 g/mol. The first-order chi connectivity index (χ1) is 16.0. The molecule has 3 aromatic rings. The zero-order valence-electron chi connectivity index (χ0n) is 18.7. The first-order valence-corrected chi connectivity index (χ1v) is 11.7. The van der Waals surface area contributed by atoms with Crippen molar-refractivity contribution >= 4 is 23.4 Å². The topological polar surface area (TPSA) is 81.0 Å². The standard InChI is InChI=1S/C23H27ClFN7O/c1-3-6-32-23(33-19-9-17(24)8-18(25)10-19)29-22(30-32)28-21-15-4-5-16(21)12-31(11-15)20-7-14(2)26-13-27-20/h7-10,13,15-16,21H,3-6,11-12H2,1-2H3,(H,28,30). The van der Waals surface area contributed by atoms with E-state index in [1.807, 2.05) is 13.0 Å². The van der Waals surface area contributed by atoms with E-state index < -0.39 is 5.82 Å². The van der Waals surface area contributed by atoms with Gasteiger partial charge < -0.3 is 15.0 Å². The number of nitrogens with one attached hydrogen (secondary N) is 1. The first kappa shape index (κ1) is 21.9. The Balaban J connectivity index is 1.32. The van der Waals surface area contributed by atoms with Crippen molar-refractivity contribution in [3.05, 3.63) is 47.1 Å². The normalized spacial score (nSPS) is 21.9. The van der Waals surface area contributed by atoms with E-state index in [-0.39, 0.29) is 11.1 Å². The molecule has 2 fully saturated rings. The average Bonchev–Trinajstić information content (AvgIpc) is 3.22. The number of hydrogen-bond donors (Lipinski definition) is 1. The highest BCUT2D eigenvalue weighted by Gasteiger charge is 2.43. The summed E-state index contributed by atoms with van der Waals surface area (Å²) in [5, 5.41) is 8.47. The predicted octanol–water partition coefficient (Wildman–Crippen LogP) is 4.70. The van der Waals surface area contributed by atoms with Crippen LogP contribution in [0.2, 0.25) is 5.02 Å². The number of benzene rings is 1. The number of aromatic nitrogens is 5. The van der Waals surface area contributed by atoms with Crippen molar-refractivity contribution in [3.8, 4) is 11.8 Å². The highest BCUT2D eigenvalue weighted by molar-refractivity contribution is 6.30. The molecule has 1 aliphatic heterocycles. The van der Waals surface area contributed by atoms with Crippen LogP contribution in [0.4, 0.5) is 16.2 Å². The number of ether oxygens (including phenoxy) is 1. The maximum absolute atomic E-state index is 13.7. The smallest absolute Gasteiger partial charge is 0.322 e. The summed E-state index contributed by atoms with van der Waals surface area (Å²) in [7, 11) is 0. The maximum Gasteiger partial charge on any atom is 0.322 e. The van der Waals surface area contributed by atoms with Crippen molar-refractivity contribution in [2.24, 2.45) is 11.8 Å². The van der Waals surface area contributed by atoms with Gasteiger partial charge in [0, 0.05) is 48.5 Å². The lowest BCUT2D eigenvalue weighted by molar-refractivity contribution is 0.374. The van der Waals surface area contributed by atoms with Gasteiger partial charge >= 0.3 is 6.01 Å². The second kappa shape index (κ2) is 9.13. The predicted molar refractivity (Wildman–Crippen MR) is 124 cm³/mol. The Labute approximate surface area is 197 Å². The zero-order chi connectivity index (χ0) is 22.9. The molecule has 10 heteroatoms. The van der Waals surface area contributed by atoms with Gasteiger partial charge in [0.1, 0.15) is 23.7 Å². The number of halogens is 2. The third-order valence-corrected chi connectivity index (χ3v) is 6.58. The van der Waals surface area contributed by atoms with E-state index in [0.29, 0.717) is 36.1 Å². The quantitative estimate of drug-likeness (QED) is 0.535. The lowest BCUT2D eigenvalue weighted by Gasteiger charge is -2.38. The van der Waals surface area contributed by atoms with E-state index >= 15 is 0 Å². The molecule has 5 rings (SSSR count). The summed E-state index contributed by atoms with van der Waals surface area (Å²) >= 11 is 5.97. The Morgan fingerprint density at radius 1 is 1.15 bits per heavy atom. The summed E-state index contributed by atoms with van der Waals surface area (Å²) in [5.41, 5.74) is 0.977. The minimum absolute atomic E-state index is 0.270. The van der Waals surface area contributed by atoms with Crippen LogP contribution in [0.5, 0.6) is 11.8 Å². The van der Waals surface area contributed by atoms with Gasteiger partial charge in [-0.15, -0.1) is 5.10 Å². The summed E-state index contributed by atoms with van der Waals surface area (Å²) in [6.45, 7) is 6.56. The molecule has 1 N–H and O–H groups in total. The van der Waals surface area contributed by atoms with Gasteiger partial charge in [-0.05, 0) is 50.2 Å². The first-order valence-electron chi connectivity index (χ1n) is 11.4. The van der Waals surface area contributed by atoms with Crippen molar-refractivity contribution in [2.45, 2.75) is 45.7 Å². The summed E-state index contributed by atoms with van der Waals surface area (Å²) < 4.78 is 21.3. The van der Waals surface area contributed by atoms with Gasteiger partial charge in [0.25, 0.3) is 0 Å². The second-order valence-corrected chi connectivity index (χ2v) is 9.27. The van der Waals surface area contributed by atoms with Crippen molar-refractivity contribution in [1.82, 2.24) is 24.7 Å². The molecule has 33 heavy (non-hydrogen) atoms. The van der Waals surface area contributed by atoms with Gasteiger partial charge in [0.2, 0.25) is 5.95 Å². The highest BCUT2D eigenvalue weighted by atomic mass is 35.5. The van der Waals surface area contributed by atoms with Gasteiger partial charge in [-0.1, -0.05) is 18.5 Å². The Bertz CT molecular complexity index is 1110. The zero-order valence-corrected chi connectivity index (χ0v) is 19.5. The number of nitrogens with zero attached hydrogens (tertiary/aromatic N) is 6. The van der Waals surface area contributed by atoms with Crippen molar-refractivity contribution in [3.63, 3.8) is 0 Å². The molecule has 1 saturated carbocycles. The molecule has 2 bridgehead atoms. The molecule has 2 aromatic heterocycles. The number of fused-ring (bicyclic) bond motifs is 2. The minimum atomic E-state index is -0.459. The second-order valence-electron chi connectivity index (χ2n) is 8.84. The van der Waals surface area contributed by atoms with Crippen LogP contribution in [0.25, 0.3) is 0 Å². The molecule has 0 spiro atoms. The van der Waals surface area contributed by atoms with E-state index in [1.165, 1.54) is 12.1 Å². The van der Waals surface area contributed by atoms with Crippen LogP contribution in [0.1, 0.15) is 31.9 Å². The van der Waals surface area contributed by atoms with Gasteiger partial charge in [0.15, 0.2) is 0 Å². The Morgan fingerprint density at radius 2 is 1.94 bits per heavy atom. The van der Waals surface area contributed by atoms with Gasteiger partial charge in [-0.3, -0.25) is 0 Å². The third kappa shape index (κ3) is 4.73. The number of rotatable bonds is 7. The third-order valence-electron chi connectivity index (χ3n) is 6.36. The molecule has 0 radical (unpaired) electrons. The largest absolute Gasteiger partial charge is 0.424 e. The van der Waals surface area contributed by atoms with Gasteiger partial charge in [-0.25, -0.2) is 19.0 Å². The van der Waals surface area contributed by atoms with Crippen molar-refractivity contribution in [2.75, 3.05) is 23.3 Å². The highest BCUT2D eigenvalue weighted by Crippen LogP contribution is 2.40. The van der Waals surface area contributed by atoms with Crippen molar-refractivity contribution in [1.29, 1.82) is 0 Å². The van der Waals surface area contributed by atoms with E-state index in [0.717, 1.165) is 43.9 Å². The molecule has 1 aromatic carbocycles. The summed E-state index contributed by atoms with van der Waals surface area (Å²) in [6, 6.07) is 6.75. The lowest BCUT2D eigenvalue weighted by atomic mass is 9.92. The molecule has 174 valence electrons. The number of piperidine rings is 1. The van der Waals surface area contributed by atoms with E-state index in [4.69, 9.17) is 16.3 Å². The average molecular weight is 472 g/mol. The minimum Gasteiger partial charge on any atom is -0.424 e. The Hall–Kier alpha value is -2.94. The number of anilines is 2. The summed E-state index contributed by atoms with van der Waals surface area (Å²) in [4.78, 5) is 15.6. The summed E-state index contributed by atoms with van der Waals surface area (Å²) in [6.07, 6.45) is 4.81. The van der Waals surface area contributed by atoms with Gasteiger partial charge in [-0.2, -0.15) is 4.98 Å². The Kier molecular flexibility index (Phi) is 6.05. The SMILES string of the molecule is CCCn1nc(NC2C3CCC2CN(c2cc(C)ncn2)C3)nc1Oc1cc(F)cc(Cl)c1. The molecule has 2 aliphatic rings. The molecule has 8 nitrogen and oxygen atoms in total. The number of hydrogen-bond acceptors (Lipinski definition) is 7. The molecule has 2 unspecified atom stereocenters. The molecule has 3 heterocycles. The van der Waals surface area contributed by atoms with Crippen LogP contribution in [-0.4, -0.2) is 43.9 Å². The molecule has 2 atom stereocenters. The lowest BCUT2D eigenvalue weighted by Crippen LogP contribution is -2.48. The van der Waals surface area contributed by atoms with Crippen LogP contribution >= 0.6 is 11.6 Å². The molecule has 0 amide bonds. The molecule has 1 aliphatic carbocycles. The Morgan fingerprint density at radius 3 is 2.64 bits per heavy atom. The fourth-order valence-corrected chi connectivity index (χ4v) is 5.13. The van der Waals surface area contributed by atoms with E-state index in [2.05, 4.69) is 37.2 Å². The fraction of sp³-hybridized carbons (Fsp3) is 0.478. The van der Waals surface area contributed by atoms with Crippen LogP contribution in [0, 0.1) is 24.6 Å². The van der Waals surface area contributed by atoms with Crippen LogP contribution in [0.3, 0.4) is 0 Å². The van der Waals surface area contributed by atoms with Crippen LogP contribution in [0.15, 0.2) is 30.6 Å². The van der Waals surface area contributed by atoms with Crippen LogP contribution in [-0.2, 0) is 6.54 Å². The fourth-order valence-electron chi connectivity index (χ4n) is 4.92. The van der Waals surface area contributed by atoms with Crippen molar-refractivity contribution < 1.29 is 9.13 Å². The van der Waals surface area contributed by atoms with Crippen LogP contribution < -0.4 is 15.0 Å². The van der Waals surface area contributed by atoms with Gasteiger partial charge in [0.05, 0.1) is 0 Å². The maximum atomic E-state index is 13.7. The monoisotopic (exact) mass is 471 g/mol. The van der Waals surface area contributed by atoms with E-state index in [1.54, 1.807) is 17.1 Å². The van der Waals surface area contributed by atoms with E-state index in [9.17, 15) is 4.39 Å².